The lowest BCUT2D eigenvalue weighted by Gasteiger charge is -2.21. The molecule has 1 heterocycles. The summed E-state index contributed by atoms with van der Waals surface area (Å²) in [5, 5.41) is 7.07. The van der Waals surface area contributed by atoms with E-state index in [1.54, 1.807) is 26.0 Å². The minimum absolute atomic E-state index is 0.0809. The maximum atomic E-state index is 14.5. The molecule has 0 fully saturated rings. The highest BCUT2D eigenvalue weighted by molar-refractivity contribution is 7.90. The fourth-order valence-electron chi connectivity index (χ4n) is 3.03. The monoisotopic (exact) mass is 406 g/mol. The van der Waals surface area contributed by atoms with Crippen LogP contribution in [0, 0.1) is 25.5 Å². The first-order chi connectivity index (χ1) is 13.2. The molecule has 1 atom stereocenters. The number of hydrogen-bond donors (Lipinski definition) is 1. The third-order valence-corrected chi connectivity index (χ3v) is 5.66. The Balaban J connectivity index is 2.06. The molecule has 0 spiro atoms. The van der Waals surface area contributed by atoms with E-state index >= 15 is 0 Å². The Bertz CT molecular complexity index is 1090. The Morgan fingerprint density at radius 3 is 2.54 bits per heavy atom. The molecule has 2 aromatic carbocycles. The van der Waals surface area contributed by atoms with Gasteiger partial charge >= 0.3 is 0 Å². The summed E-state index contributed by atoms with van der Waals surface area (Å²) in [5.74, 6) is -0.560. The zero-order valence-corrected chi connectivity index (χ0v) is 16.5. The molecule has 28 heavy (non-hydrogen) atoms. The third kappa shape index (κ3) is 4.28. The van der Waals surface area contributed by atoms with Gasteiger partial charge < -0.3 is 9.84 Å². The van der Waals surface area contributed by atoms with Crippen LogP contribution in [0.25, 0.3) is 0 Å². The second kappa shape index (κ2) is 7.81. The lowest BCUT2D eigenvalue weighted by molar-refractivity contribution is 0.391. The van der Waals surface area contributed by atoms with Gasteiger partial charge in [0.1, 0.15) is 17.4 Å². The van der Waals surface area contributed by atoms with E-state index < -0.39 is 27.5 Å². The Kier molecular flexibility index (Phi) is 5.62. The maximum Gasteiger partial charge on any atom is 0.175 e. The molecular weight excluding hydrogens is 386 g/mol. The predicted octanol–water partition coefficient (Wildman–Crippen LogP) is 3.85. The molecule has 1 unspecified atom stereocenters. The molecule has 0 saturated heterocycles. The Morgan fingerprint density at radius 1 is 1.14 bits per heavy atom. The molecule has 5 nitrogen and oxygen atoms in total. The second-order valence-corrected chi connectivity index (χ2v) is 8.64. The van der Waals surface area contributed by atoms with Crippen LogP contribution in [0.15, 0.2) is 51.9 Å². The van der Waals surface area contributed by atoms with Crippen molar-refractivity contribution in [2.75, 3.05) is 6.26 Å². The molecule has 0 aliphatic heterocycles. The van der Waals surface area contributed by atoms with Gasteiger partial charge in [-0.25, -0.2) is 17.2 Å². The minimum atomic E-state index is -3.45. The van der Waals surface area contributed by atoms with E-state index in [4.69, 9.17) is 4.52 Å². The molecule has 1 N–H and O–H groups in total. The highest BCUT2D eigenvalue weighted by Gasteiger charge is 2.21. The van der Waals surface area contributed by atoms with Crippen molar-refractivity contribution in [3.8, 4) is 0 Å². The normalized spacial score (nSPS) is 12.9. The molecule has 0 amide bonds. The first kappa shape index (κ1) is 20.2. The van der Waals surface area contributed by atoms with Gasteiger partial charge in [-0.1, -0.05) is 17.3 Å². The standard InChI is InChI=1S/C20H20F2N2O3S/c1-12-18(13(2)27-24-12)11-23-20(17-10-15(21)7-8-19(17)22)14-5-4-6-16(9-14)28(3,25)26/h4-10,20,23H,11H2,1-3H3. The summed E-state index contributed by atoms with van der Waals surface area (Å²) in [5.41, 5.74) is 2.08. The van der Waals surface area contributed by atoms with E-state index in [1.807, 2.05) is 0 Å². The summed E-state index contributed by atoms with van der Waals surface area (Å²) < 4.78 is 57.3. The molecular formula is C20H20F2N2O3S. The Morgan fingerprint density at radius 2 is 1.89 bits per heavy atom. The van der Waals surface area contributed by atoms with Crippen LogP contribution in [0.2, 0.25) is 0 Å². The zero-order valence-electron chi connectivity index (χ0n) is 15.7. The van der Waals surface area contributed by atoms with Crippen molar-refractivity contribution < 1.29 is 21.7 Å². The Labute approximate surface area is 162 Å². The molecule has 0 aliphatic carbocycles. The number of halogens is 2. The number of benzene rings is 2. The van der Waals surface area contributed by atoms with E-state index in [9.17, 15) is 17.2 Å². The van der Waals surface area contributed by atoms with Crippen molar-refractivity contribution >= 4 is 9.84 Å². The number of nitrogens with one attached hydrogen (secondary N) is 1. The lowest BCUT2D eigenvalue weighted by Crippen LogP contribution is -2.24. The lowest BCUT2D eigenvalue weighted by atomic mass is 9.97. The van der Waals surface area contributed by atoms with Crippen LogP contribution in [0.5, 0.6) is 0 Å². The van der Waals surface area contributed by atoms with Gasteiger partial charge in [0, 0.05) is 23.9 Å². The van der Waals surface area contributed by atoms with Crippen LogP contribution in [0.3, 0.4) is 0 Å². The SMILES string of the molecule is Cc1noc(C)c1CNC(c1cccc(S(C)(=O)=O)c1)c1cc(F)ccc1F. The molecule has 0 bridgehead atoms. The maximum absolute atomic E-state index is 14.5. The van der Waals surface area contributed by atoms with Crippen LogP contribution in [-0.2, 0) is 16.4 Å². The minimum Gasteiger partial charge on any atom is -0.361 e. The topological polar surface area (TPSA) is 72.2 Å². The number of nitrogens with zero attached hydrogens (tertiary/aromatic N) is 1. The van der Waals surface area contributed by atoms with Crippen molar-refractivity contribution in [2.24, 2.45) is 0 Å². The van der Waals surface area contributed by atoms with E-state index in [-0.39, 0.29) is 17.0 Å². The summed E-state index contributed by atoms with van der Waals surface area (Å²) in [6, 6.07) is 8.60. The summed E-state index contributed by atoms with van der Waals surface area (Å²) >= 11 is 0. The van der Waals surface area contributed by atoms with Crippen molar-refractivity contribution in [1.29, 1.82) is 0 Å². The van der Waals surface area contributed by atoms with Crippen LogP contribution in [0.4, 0.5) is 8.78 Å². The average molecular weight is 406 g/mol. The van der Waals surface area contributed by atoms with Gasteiger partial charge in [0.05, 0.1) is 16.6 Å². The van der Waals surface area contributed by atoms with Crippen molar-refractivity contribution in [3.63, 3.8) is 0 Å². The fourth-order valence-corrected chi connectivity index (χ4v) is 3.70. The van der Waals surface area contributed by atoms with E-state index in [0.717, 1.165) is 30.0 Å². The van der Waals surface area contributed by atoms with Gasteiger partial charge in [-0.3, -0.25) is 0 Å². The largest absolute Gasteiger partial charge is 0.361 e. The summed E-state index contributed by atoms with van der Waals surface area (Å²) in [6.45, 7) is 3.83. The predicted molar refractivity (Wildman–Crippen MR) is 101 cm³/mol. The first-order valence-electron chi connectivity index (χ1n) is 8.57. The molecule has 3 aromatic rings. The van der Waals surface area contributed by atoms with Gasteiger partial charge in [-0.05, 0) is 49.7 Å². The highest BCUT2D eigenvalue weighted by Crippen LogP contribution is 2.28. The first-order valence-corrected chi connectivity index (χ1v) is 10.5. The van der Waals surface area contributed by atoms with Gasteiger partial charge in [-0.2, -0.15) is 0 Å². The number of aryl methyl sites for hydroxylation is 2. The van der Waals surface area contributed by atoms with E-state index in [0.29, 0.717) is 17.0 Å². The number of sulfone groups is 1. The Hall–Kier alpha value is -2.58. The number of hydrogen-bond acceptors (Lipinski definition) is 5. The zero-order chi connectivity index (χ0) is 20.5. The van der Waals surface area contributed by atoms with Crippen molar-refractivity contribution in [3.05, 3.63) is 82.2 Å². The molecule has 1 aromatic heterocycles. The van der Waals surface area contributed by atoms with Crippen molar-refractivity contribution in [2.45, 2.75) is 31.3 Å². The summed E-state index contributed by atoms with van der Waals surface area (Å²) in [7, 11) is -3.45. The third-order valence-electron chi connectivity index (χ3n) is 4.55. The quantitative estimate of drug-likeness (QED) is 0.673. The second-order valence-electron chi connectivity index (χ2n) is 6.63. The van der Waals surface area contributed by atoms with Gasteiger partial charge in [0.15, 0.2) is 9.84 Å². The number of rotatable bonds is 6. The molecule has 8 heteroatoms. The van der Waals surface area contributed by atoms with Crippen LogP contribution >= 0.6 is 0 Å². The van der Waals surface area contributed by atoms with Crippen LogP contribution < -0.4 is 5.32 Å². The summed E-state index contributed by atoms with van der Waals surface area (Å²) in [4.78, 5) is 0.103. The van der Waals surface area contributed by atoms with E-state index in [1.165, 1.54) is 12.1 Å². The molecule has 0 saturated carbocycles. The molecule has 148 valence electrons. The molecule has 3 rings (SSSR count). The van der Waals surface area contributed by atoms with Gasteiger partial charge in [0.25, 0.3) is 0 Å². The van der Waals surface area contributed by atoms with Crippen LogP contribution in [0.1, 0.15) is 34.2 Å². The van der Waals surface area contributed by atoms with Crippen LogP contribution in [-0.4, -0.2) is 19.8 Å². The summed E-state index contributed by atoms with van der Waals surface area (Å²) in [6.07, 6.45) is 1.10. The van der Waals surface area contributed by atoms with Gasteiger partial charge in [0.2, 0.25) is 0 Å². The average Bonchev–Trinajstić information content (AvgIpc) is 2.96. The van der Waals surface area contributed by atoms with Crippen molar-refractivity contribution in [1.82, 2.24) is 10.5 Å². The molecule has 0 radical (unpaired) electrons. The van der Waals surface area contributed by atoms with Gasteiger partial charge in [-0.15, -0.1) is 0 Å². The highest BCUT2D eigenvalue weighted by atomic mass is 32.2. The fraction of sp³-hybridized carbons (Fsp3) is 0.250. The number of aromatic nitrogens is 1. The van der Waals surface area contributed by atoms with E-state index in [2.05, 4.69) is 10.5 Å². The molecule has 0 aliphatic rings. The smallest absolute Gasteiger partial charge is 0.175 e.